The molecular weight excluding hydrogens is 370 g/mol. The normalized spacial score (nSPS) is 22.1. The summed E-state index contributed by atoms with van der Waals surface area (Å²) in [5.74, 6) is 0.470. The van der Waals surface area contributed by atoms with Gasteiger partial charge in [0.15, 0.2) is 0 Å². The number of sulfonamides is 1. The van der Waals surface area contributed by atoms with E-state index in [9.17, 15) is 18.3 Å². The van der Waals surface area contributed by atoms with Crippen LogP contribution in [-0.2, 0) is 21.2 Å². The van der Waals surface area contributed by atoms with Crippen molar-refractivity contribution in [3.8, 4) is 5.75 Å². The van der Waals surface area contributed by atoms with Gasteiger partial charge in [-0.15, -0.1) is 0 Å². The molecule has 152 valence electrons. The molecule has 1 amide bonds. The zero-order valence-electron chi connectivity index (χ0n) is 16.2. The first-order chi connectivity index (χ1) is 12.6. The number of fused-ring (bicyclic) bond motifs is 1. The van der Waals surface area contributed by atoms with Crippen molar-refractivity contribution in [2.75, 3.05) is 37.7 Å². The van der Waals surface area contributed by atoms with Crippen molar-refractivity contribution >= 4 is 21.6 Å². The molecule has 27 heavy (non-hydrogen) atoms. The zero-order chi connectivity index (χ0) is 20.2. The number of nitrogens with zero attached hydrogens (tertiary/aromatic N) is 1. The van der Waals surface area contributed by atoms with Gasteiger partial charge in [-0.1, -0.05) is 6.92 Å². The third-order valence-corrected chi connectivity index (χ3v) is 5.23. The van der Waals surface area contributed by atoms with E-state index in [4.69, 9.17) is 4.74 Å². The molecule has 1 aromatic rings. The maximum Gasteiger partial charge on any atom is 0.229 e. The Kier molecular flexibility index (Phi) is 7.07. The number of hydrogen-bond donors (Lipinski definition) is 3. The number of hydrogen-bond acceptors (Lipinski definition) is 6. The Morgan fingerprint density at radius 1 is 1.41 bits per heavy atom. The van der Waals surface area contributed by atoms with Crippen LogP contribution in [0, 0.1) is 5.92 Å². The fourth-order valence-electron chi connectivity index (χ4n) is 3.15. The van der Waals surface area contributed by atoms with Crippen LogP contribution in [0.1, 0.15) is 19.4 Å². The van der Waals surface area contributed by atoms with Gasteiger partial charge < -0.3 is 20.1 Å². The van der Waals surface area contributed by atoms with Crippen molar-refractivity contribution in [3.63, 3.8) is 0 Å². The SMILES string of the molecule is CNC[C@H]1Oc2ccc(NS(C)(=O)=O)cc2CC(=O)N([C@@H](C)CO)C[C@@H]1C. The number of anilines is 1. The van der Waals surface area contributed by atoms with E-state index in [0.29, 0.717) is 30.1 Å². The highest BCUT2D eigenvalue weighted by Crippen LogP contribution is 2.29. The van der Waals surface area contributed by atoms with Crippen LogP contribution in [0.4, 0.5) is 5.69 Å². The van der Waals surface area contributed by atoms with E-state index >= 15 is 0 Å². The summed E-state index contributed by atoms with van der Waals surface area (Å²) in [6.45, 7) is 4.75. The van der Waals surface area contributed by atoms with Crippen molar-refractivity contribution < 1.29 is 23.1 Å². The topological polar surface area (TPSA) is 108 Å². The molecule has 3 atom stereocenters. The molecule has 0 fully saturated rings. The van der Waals surface area contributed by atoms with Gasteiger partial charge in [-0.3, -0.25) is 9.52 Å². The number of aliphatic hydroxyl groups is 1. The molecule has 0 spiro atoms. The van der Waals surface area contributed by atoms with E-state index in [1.54, 1.807) is 30.0 Å². The number of ether oxygens (including phenoxy) is 1. The molecule has 0 unspecified atom stereocenters. The minimum Gasteiger partial charge on any atom is -0.488 e. The summed E-state index contributed by atoms with van der Waals surface area (Å²) >= 11 is 0. The van der Waals surface area contributed by atoms with Crippen molar-refractivity contribution in [2.24, 2.45) is 5.92 Å². The predicted molar refractivity (Wildman–Crippen MR) is 104 cm³/mol. The molecule has 0 bridgehead atoms. The number of amides is 1. The van der Waals surface area contributed by atoms with E-state index in [-0.39, 0.29) is 37.0 Å². The minimum absolute atomic E-state index is 0.0372. The molecule has 8 nitrogen and oxygen atoms in total. The first-order valence-corrected chi connectivity index (χ1v) is 10.9. The van der Waals surface area contributed by atoms with E-state index in [2.05, 4.69) is 10.0 Å². The lowest BCUT2D eigenvalue weighted by molar-refractivity contribution is -0.134. The fourth-order valence-corrected chi connectivity index (χ4v) is 3.71. The Morgan fingerprint density at radius 2 is 2.11 bits per heavy atom. The van der Waals surface area contributed by atoms with Crippen LogP contribution in [0.15, 0.2) is 18.2 Å². The largest absolute Gasteiger partial charge is 0.488 e. The number of likely N-dealkylation sites (N-methyl/N-ethyl adjacent to an activating group) is 1. The average molecular weight is 400 g/mol. The molecule has 1 aliphatic heterocycles. The molecule has 0 radical (unpaired) electrons. The number of benzene rings is 1. The summed E-state index contributed by atoms with van der Waals surface area (Å²) in [6.07, 6.45) is 0.964. The lowest BCUT2D eigenvalue weighted by Crippen LogP contribution is -2.47. The van der Waals surface area contributed by atoms with Gasteiger partial charge >= 0.3 is 0 Å². The third kappa shape index (κ3) is 5.82. The molecule has 1 heterocycles. The van der Waals surface area contributed by atoms with Crippen molar-refractivity contribution in [1.82, 2.24) is 10.2 Å². The lowest BCUT2D eigenvalue weighted by Gasteiger charge is -2.32. The second-order valence-electron chi connectivity index (χ2n) is 7.14. The van der Waals surface area contributed by atoms with Crippen LogP contribution >= 0.6 is 0 Å². The van der Waals surface area contributed by atoms with Gasteiger partial charge in [-0.05, 0) is 32.2 Å². The molecule has 0 aromatic heterocycles. The Hall–Kier alpha value is -1.84. The number of carbonyl (C=O) groups excluding carboxylic acids is 1. The van der Waals surface area contributed by atoms with Crippen LogP contribution in [0.2, 0.25) is 0 Å². The fraction of sp³-hybridized carbons (Fsp3) is 0.611. The van der Waals surface area contributed by atoms with Crippen LogP contribution in [0.3, 0.4) is 0 Å². The number of aliphatic hydroxyl groups excluding tert-OH is 1. The van der Waals surface area contributed by atoms with Crippen molar-refractivity contribution in [3.05, 3.63) is 23.8 Å². The van der Waals surface area contributed by atoms with Gasteiger partial charge in [0.05, 0.1) is 25.3 Å². The van der Waals surface area contributed by atoms with Gasteiger partial charge in [0.1, 0.15) is 11.9 Å². The van der Waals surface area contributed by atoms with Gasteiger partial charge in [-0.25, -0.2) is 8.42 Å². The highest BCUT2D eigenvalue weighted by molar-refractivity contribution is 7.92. The first-order valence-electron chi connectivity index (χ1n) is 8.97. The summed E-state index contributed by atoms with van der Waals surface area (Å²) in [4.78, 5) is 14.6. The highest BCUT2D eigenvalue weighted by Gasteiger charge is 2.30. The van der Waals surface area contributed by atoms with Crippen LogP contribution < -0.4 is 14.8 Å². The van der Waals surface area contributed by atoms with Gasteiger partial charge in [-0.2, -0.15) is 0 Å². The second-order valence-corrected chi connectivity index (χ2v) is 8.89. The molecule has 1 aromatic carbocycles. The quantitative estimate of drug-likeness (QED) is 0.640. The van der Waals surface area contributed by atoms with Gasteiger partial charge in [0.2, 0.25) is 15.9 Å². The number of rotatable bonds is 6. The smallest absolute Gasteiger partial charge is 0.229 e. The average Bonchev–Trinajstić information content (AvgIpc) is 2.62. The minimum atomic E-state index is -3.43. The van der Waals surface area contributed by atoms with Gasteiger partial charge in [0, 0.05) is 30.3 Å². The maximum absolute atomic E-state index is 12.9. The van der Waals surface area contributed by atoms with E-state index in [1.807, 2.05) is 14.0 Å². The first kappa shape index (κ1) is 21.5. The van der Waals surface area contributed by atoms with Crippen molar-refractivity contribution in [1.29, 1.82) is 0 Å². The number of carbonyl (C=O) groups is 1. The molecule has 1 aliphatic rings. The van der Waals surface area contributed by atoms with Crippen LogP contribution in [0.5, 0.6) is 5.75 Å². The summed E-state index contributed by atoms with van der Waals surface area (Å²) < 4.78 is 31.6. The molecule has 0 saturated carbocycles. The summed E-state index contributed by atoms with van der Waals surface area (Å²) in [7, 11) is -1.59. The Labute approximate surface area is 160 Å². The maximum atomic E-state index is 12.9. The van der Waals surface area contributed by atoms with E-state index < -0.39 is 10.0 Å². The molecule has 9 heteroatoms. The van der Waals surface area contributed by atoms with Crippen LogP contribution in [0.25, 0.3) is 0 Å². The summed E-state index contributed by atoms with van der Waals surface area (Å²) in [6, 6.07) is 4.63. The van der Waals surface area contributed by atoms with Crippen LogP contribution in [-0.4, -0.2) is 69.5 Å². The zero-order valence-corrected chi connectivity index (χ0v) is 17.0. The lowest BCUT2D eigenvalue weighted by atomic mass is 10.0. The number of nitrogens with one attached hydrogen (secondary N) is 2. The molecule has 2 rings (SSSR count). The molecule has 0 aliphatic carbocycles. The van der Waals surface area contributed by atoms with E-state index in [0.717, 1.165) is 6.26 Å². The predicted octanol–water partition coefficient (Wildman–Crippen LogP) is 0.427. The second kappa shape index (κ2) is 8.90. The highest BCUT2D eigenvalue weighted by atomic mass is 32.2. The summed E-state index contributed by atoms with van der Waals surface area (Å²) in [5, 5.41) is 12.7. The molecule has 3 N–H and O–H groups in total. The van der Waals surface area contributed by atoms with E-state index in [1.165, 1.54) is 0 Å². The van der Waals surface area contributed by atoms with Gasteiger partial charge in [0.25, 0.3) is 0 Å². The molecular formula is C18H29N3O5S. The monoisotopic (exact) mass is 399 g/mol. The third-order valence-electron chi connectivity index (χ3n) is 4.63. The Balaban J connectivity index is 2.45. The Morgan fingerprint density at radius 3 is 2.70 bits per heavy atom. The standard InChI is InChI=1S/C18H29N3O5S/c1-12-10-21(13(2)11-22)18(23)8-14-7-15(20-27(4,24)25)5-6-16(14)26-17(12)9-19-3/h5-7,12-13,17,19-20,22H,8-11H2,1-4H3/t12-,13-,17+/m0/s1. The Bertz CT molecular complexity index is 768. The molecule has 0 saturated heterocycles. The summed E-state index contributed by atoms with van der Waals surface area (Å²) in [5.41, 5.74) is 0.992. The van der Waals surface area contributed by atoms with Crippen molar-refractivity contribution in [2.45, 2.75) is 32.4 Å².